The van der Waals surface area contributed by atoms with Gasteiger partial charge in [-0.1, -0.05) is 18.2 Å². The van der Waals surface area contributed by atoms with Crippen molar-refractivity contribution in [1.82, 2.24) is 4.90 Å². The van der Waals surface area contributed by atoms with E-state index in [2.05, 4.69) is 42.7 Å². The number of hydrogen-bond donors (Lipinski definition) is 1. The quantitative estimate of drug-likeness (QED) is 0.794. The summed E-state index contributed by atoms with van der Waals surface area (Å²) >= 11 is 0. The summed E-state index contributed by atoms with van der Waals surface area (Å²) in [5.74, 6) is 1.78. The lowest BCUT2D eigenvalue weighted by atomic mass is 10.1. The molecule has 1 fully saturated rings. The summed E-state index contributed by atoms with van der Waals surface area (Å²) in [5.41, 5.74) is 4.68. The van der Waals surface area contributed by atoms with E-state index in [9.17, 15) is 5.11 Å². The highest BCUT2D eigenvalue weighted by Crippen LogP contribution is 2.28. The number of para-hydroxylation sites is 2. The van der Waals surface area contributed by atoms with Gasteiger partial charge in [-0.05, 0) is 55.7 Å². The van der Waals surface area contributed by atoms with Crippen molar-refractivity contribution >= 4 is 5.69 Å². The van der Waals surface area contributed by atoms with Gasteiger partial charge in [0.05, 0.1) is 12.8 Å². The number of aryl methyl sites for hydroxylation is 2. The van der Waals surface area contributed by atoms with Crippen molar-refractivity contribution in [1.29, 1.82) is 0 Å². The van der Waals surface area contributed by atoms with Crippen LogP contribution in [-0.2, 0) is 0 Å². The van der Waals surface area contributed by atoms with Crippen LogP contribution in [-0.4, -0.2) is 62.6 Å². The van der Waals surface area contributed by atoms with E-state index < -0.39 is 6.10 Å². The molecule has 2 aromatic carbocycles. The smallest absolute Gasteiger partial charge is 0.142 e. The number of rotatable bonds is 7. The Morgan fingerprint density at radius 1 is 1.00 bits per heavy atom. The predicted molar refractivity (Wildman–Crippen MR) is 114 cm³/mol. The second-order valence-electron chi connectivity index (χ2n) is 7.63. The Morgan fingerprint density at radius 3 is 2.43 bits per heavy atom. The molecule has 0 radical (unpaired) electrons. The standard InChI is InChI=1S/C23H32N2O3/c1-17-13-18(2)19(3)23(14-17)28-16-20(26)15-24-9-11-25(12-10-24)21-7-5-6-8-22(21)27-4/h5-8,13-14,20,26H,9-12,15-16H2,1-4H3. The minimum Gasteiger partial charge on any atom is -0.495 e. The largest absolute Gasteiger partial charge is 0.495 e. The minimum atomic E-state index is -0.502. The van der Waals surface area contributed by atoms with Crippen LogP contribution in [0.5, 0.6) is 11.5 Å². The second kappa shape index (κ2) is 9.30. The van der Waals surface area contributed by atoms with Crippen LogP contribution in [0.15, 0.2) is 36.4 Å². The fourth-order valence-electron chi connectivity index (χ4n) is 3.75. The lowest BCUT2D eigenvalue weighted by molar-refractivity contribution is 0.0660. The fraction of sp³-hybridized carbons (Fsp3) is 0.478. The number of aliphatic hydroxyl groups excluding tert-OH is 1. The molecule has 28 heavy (non-hydrogen) atoms. The van der Waals surface area contributed by atoms with Gasteiger partial charge >= 0.3 is 0 Å². The van der Waals surface area contributed by atoms with Crippen LogP contribution < -0.4 is 14.4 Å². The van der Waals surface area contributed by atoms with Crippen LogP contribution in [0.4, 0.5) is 5.69 Å². The third-order valence-electron chi connectivity index (χ3n) is 5.46. The lowest BCUT2D eigenvalue weighted by Crippen LogP contribution is -2.49. The SMILES string of the molecule is COc1ccccc1N1CCN(CC(O)COc2cc(C)cc(C)c2C)CC1. The van der Waals surface area contributed by atoms with Gasteiger partial charge in [0.2, 0.25) is 0 Å². The van der Waals surface area contributed by atoms with E-state index in [1.165, 1.54) is 11.1 Å². The van der Waals surface area contributed by atoms with Gasteiger partial charge in [-0.15, -0.1) is 0 Å². The number of ether oxygens (including phenoxy) is 2. The van der Waals surface area contributed by atoms with Gasteiger partial charge in [-0.2, -0.15) is 0 Å². The molecule has 0 amide bonds. The van der Waals surface area contributed by atoms with Crippen LogP contribution in [0.2, 0.25) is 0 Å². The van der Waals surface area contributed by atoms with Gasteiger partial charge in [-0.3, -0.25) is 4.90 Å². The third-order valence-corrected chi connectivity index (χ3v) is 5.46. The Bertz CT molecular complexity index is 785. The van der Waals surface area contributed by atoms with Crippen LogP contribution in [0, 0.1) is 20.8 Å². The average Bonchev–Trinajstić information content (AvgIpc) is 2.70. The first kappa shape index (κ1) is 20.5. The Hall–Kier alpha value is -2.24. The maximum absolute atomic E-state index is 10.5. The van der Waals surface area contributed by atoms with E-state index in [0.29, 0.717) is 13.2 Å². The van der Waals surface area contributed by atoms with Gasteiger partial charge in [-0.25, -0.2) is 0 Å². The van der Waals surface area contributed by atoms with Gasteiger partial charge in [0.25, 0.3) is 0 Å². The van der Waals surface area contributed by atoms with Gasteiger partial charge < -0.3 is 19.5 Å². The highest BCUT2D eigenvalue weighted by atomic mass is 16.5. The molecule has 1 aliphatic heterocycles. The summed E-state index contributed by atoms with van der Waals surface area (Å²) in [5, 5.41) is 10.5. The molecule has 0 aliphatic carbocycles. The molecular weight excluding hydrogens is 352 g/mol. The molecule has 1 atom stereocenters. The van der Waals surface area contributed by atoms with Gasteiger partial charge in [0.15, 0.2) is 0 Å². The molecular formula is C23H32N2O3. The van der Waals surface area contributed by atoms with E-state index in [4.69, 9.17) is 9.47 Å². The summed E-state index contributed by atoms with van der Waals surface area (Å²) in [7, 11) is 1.71. The normalized spacial score (nSPS) is 16.1. The summed E-state index contributed by atoms with van der Waals surface area (Å²) in [4.78, 5) is 4.64. The zero-order valence-corrected chi connectivity index (χ0v) is 17.4. The van der Waals surface area contributed by atoms with E-state index in [1.807, 2.05) is 24.3 Å². The van der Waals surface area contributed by atoms with Crippen LogP contribution in [0.1, 0.15) is 16.7 Å². The molecule has 1 heterocycles. The fourth-order valence-corrected chi connectivity index (χ4v) is 3.75. The lowest BCUT2D eigenvalue weighted by Gasteiger charge is -2.37. The molecule has 1 saturated heterocycles. The van der Waals surface area contributed by atoms with Crippen molar-refractivity contribution in [2.45, 2.75) is 26.9 Å². The molecule has 1 N–H and O–H groups in total. The van der Waals surface area contributed by atoms with Gasteiger partial charge in [0.1, 0.15) is 24.2 Å². The van der Waals surface area contributed by atoms with Crippen LogP contribution in [0.25, 0.3) is 0 Å². The highest BCUT2D eigenvalue weighted by molar-refractivity contribution is 5.58. The zero-order chi connectivity index (χ0) is 20.1. The predicted octanol–water partition coefficient (Wildman–Crippen LogP) is 3.18. The number of methoxy groups -OCH3 is 1. The first-order chi connectivity index (χ1) is 13.5. The summed E-state index contributed by atoms with van der Waals surface area (Å²) in [6.45, 7) is 10.8. The second-order valence-corrected chi connectivity index (χ2v) is 7.63. The first-order valence-electron chi connectivity index (χ1n) is 9.97. The number of nitrogens with zero attached hydrogens (tertiary/aromatic N) is 2. The molecule has 0 saturated carbocycles. The first-order valence-corrected chi connectivity index (χ1v) is 9.97. The van der Waals surface area contributed by atoms with Crippen molar-refractivity contribution in [2.24, 2.45) is 0 Å². The molecule has 3 rings (SSSR count). The topological polar surface area (TPSA) is 45.2 Å². The Balaban J connectivity index is 1.48. The monoisotopic (exact) mass is 384 g/mol. The molecule has 5 heteroatoms. The summed E-state index contributed by atoms with van der Waals surface area (Å²) < 4.78 is 11.4. The molecule has 152 valence electrons. The Morgan fingerprint density at radius 2 is 1.71 bits per heavy atom. The van der Waals surface area contributed by atoms with E-state index in [1.54, 1.807) is 7.11 Å². The molecule has 1 unspecified atom stereocenters. The molecule has 2 aromatic rings. The Labute approximate surface area is 168 Å². The number of β-amino-alcohol motifs (C(OH)–C–C–N with tert-alkyl or cyclic N) is 1. The van der Waals surface area contributed by atoms with Crippen molar-refractivity contribution in [2.75, 3.05) is 51.3 Å². The number of hydrogen-bond acceptors (Lipinski definition) is 5. The minimum absolute atomic E-state index is 0.316. The number of benzene rings is 2. The number of piperazine rings is 1. The molecule has 0 aromatic heterocycles. The van der Waals surface area contributed by atoms with Crippen LogP contribution >= 0.6 is 0 Å². The molecule has 5 nitrogen and oxygen atoms in total. The maximum atomic E-state index is 10.5. The number of anilines is 1. The maximum Gasteiger partial charge on any atom is 0.142 e. The van der Waals surface area contributed by atoms with Crippen molar-refractivity contribution in [3.8, 4) is 11.5 Å². The van der Waals surface area contributed by atoms with E-state index >= 15 is 0 Å². The van der Waals surface area contributed by atoms with Crippen molar-refractivity contribution in [3.63, 3.8) is 0 Å². The highest BCUT2D eigenvalue weighted by Gasteiger charge is 2.21. The molecule has 0 bridgehead atoms. The average molecular weight is 385 g/mol. The third kappa shape index (κ3) is 4.97. The molecule has 1 aliphatic rings. The number of aliphatic hydroxyl groups is 1. The Kier molecular flexibility index (Phi) is 6.81. The van der Waals surface area contributed by atoms with Crippen molar-refractivity contribution in [3.05, 3.63) is 53.1 Å². The summed E-state index contributed by atoms with van der Waals surface area (Å²) in [6.07, 6.45) is -0.502. The van der Waals surface area contributed by atoms with Crippen LogP contribution in [0.3, 0.4) is 0 Å². The zero-order valence-electron chi connectivity index (χ0n) is 17.4. The van der Waals surface area contributed by atoms with E-state index in [-0.39, 0.29) is 0 Å². The van der Waals surface area contributed by atoms with Gasteiger partial charge in [0, 0.05) is 32.7 Å². The molecule has 0 spiro atoms. The van der Waals surface area contributed by atoms with Crippen molar-refractivity contribution < 1.29 is 14.6 Å². The summed E-state index contributed by atoms with van der Waals surface area (Å²) in [6, 6.07) is 12.3. The van der Waals surface area contributed by atoms with E-state index in [0.717, 1.165) is 48.9 Å².